The summed E-state index contributed by atoms with van der Waals surface area (Å²) >= 11 is 0. The van der Waals surface area contributed by atoms with Crippen LogP contribution in [0.15, 0.2) is 24.3 Å². The summed E-state index contributed by atoms with van der Waals surface area (Å²) in [5.74, 6) is -0.434. The van der Waals surface area contributed by atoms with Gasteiger partial charge in [0.1, 0.15) is 11.9 Å². The molecular formula is C9H10O3. The zero-order valence-corrected chi connectivity index (χ0v) is 6.69. The van der Waals surface area contributed by atoms with Gasteiger partial charge in [-0.3, -0.25) is 4.79 Å². The van der Waals surface area contributed by atoms with Gasteiger partial charge in [-0.1, -0.05) is 18.2 Å². The Morgan fingerprint density at radius 3 is 2.50 bits per heavy atom. The number of ketones is 1. The van der Waals surface area contributed by atoms with Crippen LogP contribution in [0.2, 0.25) is 0 Å². The quantitative estimate of drug-likeness (QED) is 0.689. The lowest BCUT2D eigenvalue weighted by Gasteiger charge is -2.07. The van der Waals surface area contributed by atoms with Gasteiger partial charge in [-0.2, -0.15) is 0 Å². The third-order valence-electron chi connectivity index (χ3n) is 1.62. The van der Waals surface area contributed by atoms with Gasteiger partial charge in [0.25, 0.3) is 0 Å². The molecule has 12 heavy (non-hydrogen) atoms. The predicted octanol–water partition coefficient (Wildman–Crippen LogP) is 1.01. The maximum Gasteiger partial charge on any atom is 0.162 e. The van der Waals surface area contributed by atoms with Crippen molar-refractivity contribution in [3.05, 3.63) is 29.8 Å². The van der Waals surface area contributed by atoms with Crippen molar-refractivity contribution < 1.29 is 15.0 Å². The van der Waals surface area contributed by atoms with E-state index in [4.69, 9.17) is 0 Å². The molecule has 0 amide bonds. The Labute approximate surface area is 70.3 Å². The summed E-state index contributed by atoms with van der Waals surface area (Å²) in [5, 5.41) is 18.5. The SMILES string of the molecule is CC(=O)[C@H](O)c1ccccc1O. The van der Waals surface area contributed by atoms with Crippen molar-refractivity contribution in [2.75, 3.05) is 0 Å². The van der Waals surface area contributed by atoms with E-state index in [2.05, 4.69) is 0 Å². The number of para-hydroxylation sites is 1. The van der Waals surface area contributed by atoms with Crippen LogP contribution < -0.4 is 0 Å². The van der Waals surface area contributed by atoms with Gasteiger partial charge in [0, 0.05) is 5.56 Å². The molecule has 1 rings (SSSR count). The molecule has 1 aromatic carbocycles. The molecule has 0 fully saturated rings. The number of phenols is 1. The Morgan fingerprint density at radius 1 is 1.42 bits per heavy atom. The highest BCUT2D eigenvalue weighted by atomic mass is 16.3. The van der Waals surface area contributed by atoms with E-state index < -0.39 is 6.10 Å². The Morgan fingerprint density at radius 2 is 2.00 bits per heavy atom. The van der Waals surface area contributed by atoms with Crippen molar-refractivity contribution in [1.82, 2.24) is 0 Å². The number of Topliss-reactive ketones (excluding diaryl/α,β-unsaturated/α-hetero) is 1. The van der Waals surface area contributed by atoms with Crippen LogP contribution in [0.1, 0.15) is 18.6 Å². The number of aliphatic hydroxyl groups is 1. The van der Waals surface area contributed by atoms with Gasteiger partial charge in [0.15, 0.2) is 5.78 Å². The first-order chi connectivity index (χ1) is 5.63. The summed E-state index contributed by atoms with van der Waals surface area (Å²) in [6, 6.07) is 6.23. The van der Waals surface area contributed by atoms with Gasteiger partial charge >= 0.3 is 0 Å². The minimum absolute atomic E-state index is 0.0554. The minimum atomic E-state index is -1.22. The van der Waals surface area contributed by atoms with E-state index >= 15 is 0 Å². The maximum absolute atomic E-state index is 10.7. The molecule has 1 aromatic rings. The molecule has 64 valence electrons. The second-order valence-electron chi connectivity index (χ2n) is 2.57. The molecule has 1 atom stereocenters. The Balaban J connectivity index is 3.02. The fraction of sp³-hybridized carbons (Fsp3) is 0.222. The van der Waals surface area contributed by atoms with Gasteiger partial charge in [-0.25, -0.2) is 0 Å². The Kier molecular flexibility index (Phi) is 2.45. The number of rotatable bonds is 2. The highest BCUT2D eigenvalue weighted by molar-refractivity contribution is 5.82. The van der Waals surface area contributed by atoms with E-state index in [1.54, 1.807) is 12.1 Å². The van der Waals surface area contributed by atoms with Crippen LogP contribution in [-0.4, -0.2) is 16.0 Å². The third kappa shape index (κ3) is 1.62. The van der Waals surface area contributed by atoms with Crippen LogP contribution in [0.3, 0.4) is 0 Å². The van der Waals surface area contributed by atoms with Crippen LogP contribution in [-0.2, 0) is 4.79 Å². The van der Waals surface area contributed by atoms with Gasteiger partial charge in [0.05, 0.1) is 0 Å². The van der Waals surface area contributed by atoms with E-state index in [0.717, 1.165) is 0 Å². The van der Waals surface area contributed by atoms with Gasteiger partial charge in [0.2, 0.25) is 0 Å². The molecular weight excluding hydrogens is 156 g/mol. The highest BCUT2D eigenvalue weighted by Gasteiger charge is 2.15. The summed E-state index contributed by atoms with van der Waals surface area (Å²) in [5.41, 5.74) is 0.255. The van der Waals surface area contributed by atoms with Gasteiger partial charge < -0.3 is 10.2 Å². The monoisotopic (exact) mass is 166 g/mol. The second-order valence-corrected chi connectivity index (χ2v) is 2.57. The molecule has 0 spiro atoms. The number of hydrogen-bond acceptors (Lipinski definition) is 3. The number of hydrogen-bond donors (Lipinski definition) is 2. The molecule has 0 heterocycles. The molecule has 0 bridgehead atoms. The summed E-state index contributed by atoms with van der Waals surface area (Å²) in [7, 11) is 0. The number of aromatic hydroxyl groups is 1. The van der Waals surface area contributed by atoms with Crippen molar-refractivity contribution in [2.24, 2.45) is 0 Å². The highest BCUT2D eigenvalue weighted by Crippen LogP contribution is 2.23. The van der Waals surface area contributed by atoms with Crippen molar-refractivity contribution >= 4 is 5.78 Å². The van der Waals surface area contributed by atoms with E-state index in [1.807, 2.05) is 0 Å². The molecule has 0 aromatic heterocycles. The molecule has 3 heteroatoms. The average Bonchev–Trinajstić information content (AvgIpc) is 2.04. The van der Waals surface area contributed by atoms with Gasteiger partial charge in [-0.05, 0) is 13.0 Å². The predicted molar refractivity (Wildman–Crippen MR) is 43.7 cm³/mol. The standard InChI is InChI=1S/C9H10O3/c1-6(10)9(12)7-4-2-3-5-8(7)11/h2-5,9,11-12H,1H3/t9-/m0/s1. The summed E-state index contributed by atoms with van der Waals surface area (Å²) in [6.07, 6.45) is -1.22. The maximum atomic E-state index is 10.7. The molecule has 0 aliphatic rings. The van der Waals surface area contributed by atoms with Crippen molar-refractivity contribution in [3.8, 4) is 5.75 Å². The summed E-state index contributed by atoms with van der Waals surface area (Å²) < 4.78 is 0. The second kappa shape index (κ2) is 3.36. The number of carbonyl (C=O) groups is 1. The molecule has 0 radical (unpaired) electrons. The van der Waals surface area contributed by atoms with Crippen molar-refractivity contribution in [3.63, 3.8) is 0 Å². The molecule has 0 aliphatic carbocycles. The van der Waals surface area contributed by atoms with Crippen LogP contribution in [0.4, 0.5) is 0 Å². The summed E-state index contributed by atoms with van der Waals surface area (Å²) in [4.78, 5) is 10.7. The number of aliphatic hydroxyl groups excluding tert-OH is 1. The van der Waals surface area contributed by atoms with E-state index in [9.17, 15) is 15.0 Å². The van der Waals surface area contributed by atoms with E-state index in [0.29, 0.717) is 0 Å². The molecule has 0 saturated heterocycles. The van der Waals surface area contributed by atoms with E-state index in [1.165, 1.54) is 19.1 Å². The smallest absolute Gasteiger partial charge is 0.162 e. The lowest BCUT2D eigenvalue weighted by Crippen LogP contribution is -2.07. The fourth-order valence-electron chi connectivity index (χ4n) is 0.938. The van der Waals surface area contributed by atoms with Crippen LogP contribution in [0.5, 0.6) is 5.75 Å². The first-order valence-corrected chi connectivity index (χ1v) is 3.59. The number of carbonyl (C=O) groups excluding carboxylic acids is 1. The third-order valence-corrected chi connectivity index (χ3v) is 1.62. The largest absolute Gasteiger partial charge is 0.508 e. The molecule has 0 saturated carbocycles. The average molecular weight is 166 g/mol. The normalized spacial score (nSPS) is 12.5. The molecule has 2 N–H and O–H groups in total. The Bertz CT molecular complexity index is 294. The van der Waals surface area contributed by atoms with Crippen molar-refractivity contribution in [2.45, 2.75) is 13.0 Å². The zero-order chi connectivity index (χ0) is 9.14. The topological polar surface area (TPSA) is 57.5 Å². The first kappa shape index (κ1) is 8.74. The lowest BCUT2D eigenvalue weighted by molar-refractivity contribution is -0.125. The Hall–Kier alpha value is -1.35. The van der Waals surface area contributed by atoms with E-state index in [-0.39, 0.29) is 17.1 Å². The fourth-order valence-corrected chi connectivity index (χ4v) is 0.938. The zero-order valence-electron chi connectivity index (χ0n) is 6.69. The molecule has 0 unspecified atom stereocenters. The number of benzene rings is 1. The van der Waals surface area contributed by atoms with Crippen molar-refractivity contribution in [1.29, 1.82) is 0 Å². The lowest BCUT2D eigenvalue weighted by atomic mass is 10.1. The number of phenolic OH excluding ortho intramolecular Hbond substituents is 1. The van der Waals surface area contributed by atoms with Crippen LogP contribution in [0, 0.1) is 0 Å². The van der Waals surface area contributed by atoms with Crippen LogP contribution >= 0.6 is 0 Å². The van der Waals surface area contributed by atoms with Gasteiger partial charge in [-0.15, -0.1) is 0 Å². The minimum Gasteiger partial charge on any atom is -0.508 e. The molecule has 0 aliphatic heterocycles. The first-order valence-electron chi connectivity index (χ1n) is 3.59. The molecule has 3 nitrogen and oxygen atoms in total. The van der Waals surface area contributed by atoms with Crippen LogP contribution in [0.25, 0.3) is 0 Å². The summed E-state index contributed by atoms with van der Waals surface area (Å²) in [6.45, 7) is 1.27.